The zero-order valence-corrected chi connectivity index (χ0v) is 16.1. The van der Waals surface area contributed by atoms with Gasteiger partial charge in [0.2, 0.25) is 0 Å². The van der Waals surface area contributed by atoms with Crippen LogP contribution in [0.3, 0.4) is 0 Å². The number of aromatic amines is 1. The Morgan fingerprint density at radius 1 is 0.852 bits per heavy atom. The molecule has 0 amide bonds. The molecular weight excluding hydrogens is 372 g/mol. The predicted molar refractivity (Wildman–Crippen MR) is 103 cm³/mol. The van der Waals surface area contributed by atoms with Gasteiger partial charge in [0, 0.05) is 17.8 Å². The van der Waals surface area contributed by atoms with Crippen molar-refractivity contribution >= 4 is 11.6 Å². The highest BCUT2D eigenvalue weighted by molar-refractivity contribution is 6.32. The van der Waals surface area contributed by atoms with Gasteiger partial charge in [-0.05, 0) is 24.3 Å². The lowest BCUT2D eigenvalue weighted by molar-refractivity contribution is 0.355. The molecule has 8 heteroatoms. The Hall–Kier alpha value is -3.06. The fraction of sp³-hybridized carbons (Fsp3) is 0.211. The molecule has 0 fully saturated rings. The van der Waals surface area contributed by atoms with E-state index in [0.29, 0.717) is 39.4 Å². The topological polar surface area (TPSA) is 74.7 Å². The van der Waals surface area contributed by atoms with E-state index in [1.165, 1.54) is 18.8 Å². The highest BCUT2D eigenvalue weighted by Gasteiger charge is 2.16. The summed E-state index contributed by atoms with van der Waals surface area (Å²) in [6.07, 6.45) is 1.67. The molecule has 1 N–H and O–H groups in total. The third-order valence-corrected chi connectivity index (χ3v) is 4.42. The maximum atomic E-state index is 12.5. The Kier molecular flexibility index (Phi) is 5.32. The van der Waals surface area contributed by atoms with Crippen molar-refractivity contribution in [1.29, 1.82) is 0 Å². The number of nitrogens with one attached hydrogen (secondary N) is 1. The largest absolute Gasteiger partial charge is 0.495 e. The summed E-state index contributed by atoms with van der Waals surface area (Å²) in [7, 11) is 6.15. The van der Waals surface area contributed by atoms with Crippen molar-refractivity contribution in [1.82, 2.24) is 9.55 Å². The second-order valence-corrected chi connectivity index (χ2v) is 5.98. The van der Waals surface area contributed by atoms with Crippen molar-refractivity contribution < 1.29 is 18.9 Å². The number of aromatic nitrogens is 2. The van der Waals surface area contributed by atoms with E-state index < -0.39 is 0 Å². The minimum absolute atomic E-state index is 0.334. The molecule has 1 heterocycles. The molecule has 0 aliphatic carbocycles. The predicted octanol–water partition coefficient (Wildman–Crippen LogP) is 3.52. The summed E-state index contributed by atoms with van der Waals surface area (Å²) in [6, 6.07) is 8.64. The van der Waals surface area contributed by atoms with Crippen molar-refractivity contribution in [3.05, 3.63) is 52.0 Å². The van der Waals surface area contributed by atoms with Gasteiger partial charge in [-0.2, -0.15) is 0 Å². The van der Waals surface area contributed by atoms with E-state index in [4.69, 9.17) is 30.5 Å². The minimum atomic E-state index is -0.334. The van der Waals surface area contributed by atoms with E-state index in [2.05, 4.69) is 4.98 Å². The van der Waals surface area contributed by atoms with Gasteiger partial charge >= 0.3 is 5.69 Å². The van der Waals surface area contributed by atoms with Gasteiger partial charge in [-0.25, -0.2) is 4.79 Å². The summed E-state index contributed by atoms with van der Waals surface area (Å²) < 4.78 is 22.6. The molecule has 142 valence electrons. The first-order chi connectivity index (χ1) is 13.0. The number of rotatable bonds is 6. The van der Waals surface area contributed by atoms with Crippen LogP contribution in [0.15, 0.2) is 41.3 Å². The molecular formula is C19H19ClN2O5. The number of nitrogens with zero attached hydrogens (tertiary/aromatic N) is 1. The summed E-state index contributed by atoms with van der Waals surface area (Å²) in [5.74, 6) is 2.08. The number of hydrogen-bond acceptors (Lipinski definition) is 5. The number of benzene rings is 2. The first-order valence-corrected chi connectivity index (χ1v) is 8.36. The summed E-state index contributed by atoms with van der Waals surface area (Å²) in [5, 5.41) is 0.370. The Morgan fingerprint density at radius 2 is 1.52 bits per heavy atom. The van der Waals surface area contributed by atoms with Crippen molar-refractivity contribution in [2.45, 2.75) is 0 Å². The molecule has 0 unspecified atom stereocenters. The number of imidazole rings is 1. The zero-order valence-electron chi connectivity index (χ0n) is 15.3. The Labute approximate surface area is 161 Å². The van der Waals surface area contributed by atoms with Crippen molar-refractivity contribution in [2.24, 2.45) is 0 Å². The summed E-state index contributed by atoms with van der Waals surface area (Å²) in [5.41, 5.74) is 1.53. The first kappa shape index (κ1) is 18.7. The van der Waals surface area contributed by atoms with Gasteiger partial charge in [0.25, 0.3) is 0 Å². The molecule has 1 aromatic heterocycles. The van der Waals surface area contributed by atoms with Gasteiger partial charge < -0.3 is 23.9 Å². The van der Waals surface area contributed by atoms with Gasteiger partial charge in [0.1, 0.15) is 11.5 Å². The van der Waals surface area contributed by atoms with Gasteiger partial charge in [0.05, 0.1) is 44.8 Å². The molecule has 2 aromatic carbocycles. The smallest absolute Gasteiger partial charge is 0.330 e. The van der Waals surface area contributed by atoms with Gasteiger partial charge in [-0.3, -0.25) is 4.57 Å². The highest BCUT2D eigenvalue weighted by Crippen LogP contribution is 2.35. The molecule has 3 aromatic rings. The van der Waals surface area contributed by atoms with Crippen LogP contribution in [-0.4, -0.2) is 38.0 Å². The van der Waals surface area contributed by atoms with Crippen LogP contribution >= 0.6 is 11.6 Å². The van der Waals surface area contributed by atoms with Crippen molar-refractivity contribution in [3.63, 3.8) is 0 Å². The molecule has 0 spiro atoms. The van der Waals surface area contributed by atoms with E-state index in [1.807, 2.05) is 6.07 Å². The molecule has 27 heavy (non-hydrogen) atoms. The van der Waals surface area contributed by atoms with E-state index in [9.17, 15) is 4.79 Å². The van der Waals surface area contributed by atoms with E-state index in [0.717, 1.165) is 5.56 Å². The van der Waals surface area contributed by atoms with Crippen LogP contribution in [0.1, 0.15) is 0 Å². The second kappa shape index (κ2) is 7.67. The molecule has 0 saturated heterocycles. The fourth-order valence-electron chi connectivity index (χ4n) is 2.76. The molecule has 0 bridgehead atoms. The lowest BCUT2D eigenvalue weighted by atomic mass is 10.1. The van der Waals surface area contributed by atoms with Crippen LogP contribution in [-0.2, 0) is 0 Å². The fourth-order valence-corrected chi connectivity index (χ4v) is 2.99. The lowest BCUT2D eigenvalue weighted by Gasteiger charge is -2.12. The lowest BCUT2D eigenvalue weighted by Crippen LogP contribution is -2.15. The molecule has 3 rings (SSSR count). The number of methoxy groups -OCH3 is 4. The Bertz CT molecular complexity index is 1030. The number of ether oxygens (including phenoxy) is 4. The SMILES string of the molecule is COc1cc(OC)c(-n2cc(-c3ccc(OC)c(OC)c3)[nH]c2=O)cc1Cl. The molecule has 0 radical (unpaired) electrons. The second-order valence-electron chi connectivity index (χ2n) is 5.57. The highest BCUT2D eigenvalue weighted by atomic mass is 35.5. The van der Waals surface area contributed by atoms with Gasteiger partial charge in [-0.1, -0.05) is 11.6 Å². The van der Waals surface area contributed by atoms with Crippen molar-refractivity contribution in [3.8, 4) is 39.9 Å². The third kappa shape index (κ3) is 3.46. The average molecular weight is 391 g/mol. The molecule has 0 aliphatic rings. The normalized spacial score (nSPS) is 10.6. The van der Waals surface area contributed by atoms with E-state index in [1.54, 1.807) is 44.7 Å². The zero-order chi connectivity index (χ0) is 19.6. The Balaban J connectivity index is 2.11. The van der Waals surface area contributed by atoms with Crippen LogP contribution in [0, 0.1) is 0 Å². The number of hydrogen-bond donors (Lipinski definition) is 1. The van der Waals surface area contributed by atoms with Crippen LogP contribution in [0.2, 0.25) is 5.02 Å². The van der Waals surface area contributed by atoms with Crippen LogP contribution in [0.25, 0.3) is 16.9 Å². The maximum Gasteiger partial charge on any atom is 0.330 e. The average Bonchev–Trinajstić information content (AvgIpc) is 3.08. The monoisotopic (exact) mass is 390 g/mol. The molecule has 0 atom stereocenters. The first-order valence-electron chi connectivity index (χ1n) is 7.98. The number of halogens is 1. The maximum absolute atomic E-state index is 12.5. The third-order valence-electron chi connectivity index (χ3n) is 4.13. The molecule has 0 aliphatic heterocycles. The molecule has 7 nitrogen and oxygen atoms in total. The quantitative estimate of drug-likeness (QED) is 0.697. The summed E-state index contributed by atoms with van der Waals surface area (Å²) in [4.78, 5) is 15.4. The number of H-pyrrole nitrogens is 1. The standard InChI is InChI=1S/C19H19ClN2O5/c1-24-15-6-5-11(7-18(15)27-4)13-10-22(19(23)21-13)14-8-12(20)16(25-2)9-17(14)26-3/h5-10H,1-4H3,(H,21,23). The summed E-state index contributed by atoms with van der Waals surface area (Å²) in [6.45, 7) is 0. The van der Waals surface area contributed by atoms with Gasteiger partial charge in [0.15, 0.2) is 11.5 Å². The summed E-state index contributed by atoms with van der Waals surface area (Å²) >= 11 is 6.22. The van der Waals surface area contributed by atoms with Crippen LogP contribution in [0.5, 0.6) is 23.0 Å². The van der Waals surface area contributed by atoms with Crippen molar-refractivity contribution in [2.75, 3.05) is 28.4 Å². The molecule has 0 saturated carbocycles. The van der Waals surface area contributed by atoms with Crippen LogP contribution < -0.4 is 24.6 Å². The minimum Gasteiger partial charge on any atom is -0.495 e. The van der Waals surface area contributed by atoms with Crippen LogP contribution in [0.4, 0.5) is 0 Å². The Morgan fingerprint density at radius 3 is 2.15 bits per heavy atom. The van der Waals surface area contributed by atoms with E-state index in [-0.39, 0.29) is 5.69 Å². The van der Waals surface area contributed by atoms with E-state index >= 15 is 0 Å². The van der Waals surface area contributed by atoms with Gasteiger partial charge in [-0.15, -0.1) is 0 Å².